The van der Waals surface area contributed by atoms with Crippen molar-refractivity contribution < 1.29 is 13.2 Å². The first kappa shape index (κ1) is 10.4. The molecule has 4 N–H and O–H groups in total. The summed E-state index contributed by atoms with van der Waals surface area (Å²) in [5.74, 6) is -0.541. The Morgan fingerprint density at radius 2 is 2.15 bits per heavy atom. The maximum absolute atomic E-state index is 11.2. The van der Waals surface area contributed by atoms with Crippen LogP contribution >= 0.6 is 0 Å². The maximum Gasteiger partial charge on any atom is 0.235 e. The van der Waals surface area contributed by atoms with Gasteiger partial charge in [0.15, 0.2) is 0 Å². The van der Waals surface area contributed by atoms with Gasteiger partial charge in [0, 0.05) is 13.1 Å². The smallest absolute Gasteiger partial charge is 0.235 e. The quantitative estimate of drug-likeness (QED) is 0.549. The van der Waals surface area contributed by atoms with Crippen molar-refractivity contribution in [2.24, 2.45) is 11.5 Å². The summed E-state index contributed by atoms with van der Waals surface area (Å²) in [6.07, 6.45) is 0.591. The Morgan fingerprint density at radius 3 is 2.54 bits per heavy atom. The van der Waals surface area contributed by atoms with E-state index in [2.05, 4.69) is 0 Å². The summed E-state index contributed by atoms with van der Waals surface area (Å²) >= 11 is 0. The van der Waals surface area contributed by atoms with E-state index < -0.39 is 22.0 Å². The molecule has 76 valence electrons. The van der Waals surface area contributed by atoms with E-state index >= 15 is 0 Å². The molecule has 0 aliphatic carbocycles. The van der Waals surface area contributed by atoms with Crippen LogP contribution in [0.15, 0.2) is 0 Å². The number of hydrogen-bond acceptors (Lipinski definition) is 4. The van der Waals surface area contributed by atoms with Gasteiger partial charge in [0.1, 0.15) is 0 Å². The fourth-order valence-corrected chi connectivity index (χ4v) is 2.75. The van der Waals surface area contributed by atoms with Crippen molar-refractivity contribution in [1.29, 1.82) is 0 Å². The monoisotopic (exact) mass is 207 g/mol. The maximum atomic E-state index is 11.2. The third kappa shape index (κ3) is 2.39. The van der Waals surface area contributed by atoms with Gasteiger partial charge in [0.05, 0.1) is 11.8 Å². The van der Waals surface area contributed by atoms with Crippen LogP contribution in [-0.2, 0) is 14.8 Å². The highest BCUT2D eigenvalue weighted by molar-refractivity contribution is 7.89. The largest absolute Gasteiger partial charge is 0.368 e. The molecule has 1 amide bonds. The highest BCUT2D eigenvalue weighted by atomic mass is 32.2. The molecule has 13 heavy (non-hydrogen) atoms. The lowest BCUT2D eigenvalue weighted by atomic mass is 10.3. The molecule has 1 atom stereocenters. The number of sulfonamides is 1. The normalized spacial score (nSPS) is 24.4. The molecule has 1 fully saturated rings. The van der Waals surface area contributed by atoms with Crippen molar-refractivity contribution in [3.63, 3.8) is 0 Å². The van der Waals surface area contributed by atoms with E-state index in [1.165, 1.54) is 4.31 Å². The number of carbonyl (C=O) groups excluding carboxylic acids is 1. The molecule has 0 radical (unpaired) electrons. The Balaban J connectivity index is 2.60. The molecule has 1 rings (SSSR count). The lowest BCUT2D eigenvalue weighted by Crippen LogP contribution is -2.46. The molecule has 1 aliphatic heterocycles. The molecule has 1 unspecified atom stereocenters. The van der Waals surface area contributed by atoms with Crippen LogP contribution in [0.2, 0.25) is 0 Å². The molecule has 6 nitrogen and oxygen atoms in total. The van der Waals surface area contributed by atoms with E-state index in [4.69, 9.17) is 11.5 Å². The van der Waals surface area contributed by atoms with Crippen LogP contribution in [0.5, 0.6) is 0 Å². The fraction of sp³-hybridized carbons (Fsp3) is 0.833. The Morgan fingerprint density at radius 1 is 1.54 bits per heavy atom. The standard InChI is InChI=1S/C6H13N3O3S/c7-5(6(8)10)4-9-2-1-3-13(9,11)12/h5H,1-4,7H2,(H2,8,10). The predicted octanol–water partition coefficient (Wildman–Crippen LogP) is -2.17. The molecule has 1 saturated heterocycles. The van der Waals surface area contributed by atoms with Crippen LogP contribution in [-0.4, -0.2) is 43.5 Å². The highest BCUT2D eigenvalue weighted by Gasteiger charge is 2.30. The number of rotatable bonds is 3. The van der Waals surface area contributed by atoms with E-state index in [0.717, 1.165) is 0 Å². The minimum atomic E-state index is -3.17. The SMILES string of the molecule is NC(=O)C(N)CN1CCCS1(=O)=O. The zero-order chi connectivity index (χ0) is 10.1. The summed E-state index contributed by atoms with van der Waals surface area (Å²) < 4.78 is 23.7. The van der Waals surface area contributed by atoms with E-state index in [1.54, 1.807) is 0 Å². The number of hydrogen-bond donors (Lipinski definition) is 2. The lowest BCUT2D eigenvalue weighted by Gasteiger charge is -2.16. The minimum absolute atomic E-state index is 0.00231. The van der Waals surface area contributed by atoms with Crippen LogP contribution in [0.25, 0.3) is 0 Å². The first-order valence-electron chi connectivity index (χ1n) is 3.96. The third-order valence-electron chi connectivity index (χ3n) is 1.97. The first-order valence-corrected chi connectivity index (χ1v) is 5.57. The van der Waals surface area contributed by atoms with E-state index in [9.17, 15) is 13.2 Å². The van der Waals surface area contributed by atoms with Gasteiger partial charge in [-0.3, -0.25) is 4.79 Å². The van der Waals surface area contributed by atoms with Gasteiger partial charge in [-0.25, -0.2) is 8.42 Å². The number of carbonyl (C=O) groups is 1. The van der Waals surface area contributed by atoms with Crippen LogP contribution < -0.4 is 11.5 Å². The second-order valence-electron chi connectivity index (χ2n) is 3.04. The van der Waals surface area contributed by atoms with Crippen molar-refractivity contribution >= 4 is 15.9 Å². The van der Waals surface area contributed by atoms with E-state index in [0.29, 0.717) is 13.0 Å². The van der Waals surface area contributed by atoms with Gasteiger partial charge in [-0.05, 0) is 6.42 Å². The number of amides is 1. The molecule has 0 bridgehead atoms. The molecule has 0 aromatic carbocycles. The Labute approximate surface area is 76.9 Å². The molecule has 0 spiro atoms. The summed E-state index contributed by atoms with van der Waals surface area (Å²) in [7, 11) is -3.17. The number of nitrogens with two attached hydrogens (primary N) is 2. The van der Waals surface area contributed by atoms with Gasteiger partial charge in [0.2, 0.25) is 15.9 Å². The van der Waals surface area contributed by atoms with Crippen molar-refractivity contribution in [2.75, 3.05) is 18.8 Å². The Hall–Kier alpha value is -0.660. The van der Waals surface area contributed by atoms with E-state index in [-0.39, 0.29) is 12.3 Å². The van der Waals surface area contributed by atoms with Crippen LogP contribution in [0.1, 0.15) is 6.42 Å². The summed E-state index contributed by atoms with van der Waals surface area (Å²) in [4.78, 5) is 10.6. The Bertz CT molecular complexity index is 300. The van der Waals surface area contributed by atoms with Crippen LogP contribution in [0, 0.1) is 0 Å². The van der Waals surface area contributed by atoms with Crippen molar-refractivity contribution in [2.45, 2.75) is 12.5 Å². The van der Waals surface area contributed by atoms with Crippen LogP contribution in [0.4, 0.5) is 0 Å². The zero-order valence-corrected chi connectivity index (χ0v) is 7.96. The molecular formula is C6H13N3O3S. The molecule has 0 aromatic heterocycles. The molecule has 0 aromatic rings. The first-order chi connectivity index (χ1) is 5.93. The van der Waals surface area contributed by atoms with E-state index in [1.807, 2.05) is 0 Å². The minimum Gasteiger partial charge on any atom is -0.368 e. The molecular weight excluding hydrogens is 194 g/mol. The molecule has 1 aliphatic rings. The van der Waals surface area contributed by atoms with Gasteiger partial charge in [0.25, 0.3) is 0 Å². The number of primary amides is 1. The topological polar surface area (TPSA) is 106 Å². The average Bonchev–Trinajstić information content (AvgIpc) is 2.30. The van der Waals surface area contributed by atoms with Gasteiger partial charge in [-0.1, -0.05) is 0 Å². The van der Waals surface area contributed by atoms with Gasteiger partial charge in [-0.2, -0.15) is 4.31 Å². The summed E-state index contributed by atoms with van der Waals surface area (Å²) in [5, 5.41) is 0. The van der Waals surface area contributed by atoms with Gasteiger partial charge < -0.3 is 11.5 Å². The summed E-state index contributed by atoms with van der Waals surface area (Å²) in [5.41, 5.74) is 10.3. The summed E-state index contributed by atoms with van der Waals surface area (Å²) in [6.45, 7) is 0.432. The third-order valence-corrected chi connectivity index (χ3v) is 3.89. The van der Waals surface area contributed by atoms with Crippen molar-refractivity contribution in [3.05, 3.63) is 0 Å². The number of nitrogens with zero attached hydrogens (tertiary/aromatic N) is 1. The van der Waals surface area contributed by atoms with Gasteiger partial charge >= 0.3 is 0 Å². The van der Waals surface area contributed by atoms with Crippen LogP contribution in [0.3, 0.4) is 0 Å². The average molecular weight is 207 g/mol. The summed E-state index contributed by atoms with van der Waals surface area (Å²) in [6, 6.07) is -0.909. The highest BCUT2D eigenvalue weighted by Crippen LogP contribution is 2.12. The van der Waals surface area contributed by atoms with Crippen molar-refractivity contribution in [3.8, 4) is 0 Å². The predicted molar refractivity (Wildman–Crippen MR) is 47.1 cm³/mol. The Kier molecular flexibility index (Phi) is 2.89. The fourth-order valence-electron chi connectivity index (χ4n) is 1.21. The molecule has 1 heterocycles. The second kappa shape index (κ2) is 3.60. The lowest BCUT2D eigenvalue weighted by molar-refractivity contribution is -0.119. The second-order valence-corrected chi connectivity index (χ2v) is 5.12. The molecule has 0 saturated carbocycles. The zero-order valence-electron chi connectivity index (χ0n) is 7.14. The van der Waals surface area contributed by atoms with Gasteiger partial charge in [-0.15, -0.1) is 0 Å². The van der Waals surface area contributed by atoms with Crippen molar-refractivity contribution in [1.82, 2.24) is 4.31 Å². The molecule has 7 heteroatoms.